The molecule has 6 heteroatoms. The maximum Gasteiger partial charge on any atom is 0.234 e. The van der Waals surface area contributed by atoms with Crippen LogP contribution in [0.5, 0.6) is 11.5 Å². The van der Waals surface area contributed by atoms with Gasteiger partial charge in [0.2, 0.25) is 5.91 Å². The third-order valence-electron chi connectivity index (χ3n) is 2.72. The molecule has 1 aromatic rings. The van der Waals surface area contributed by atoms with E-state index in [0.717, 1.165) is 17.1 Å². The average Bonchev–Trinajstić information content (AvgIpc) is 2.47. The molecule has 0 aliphatic carbocycles. The van der Waals surface area contributed by atoms with Crippen molar-refractivity contribution in [1.82, 2.24) is 10.6 Å². The summed E-state index contributed by atoms with van der Waals surface area (Å²) in [5, 5.41) is 5.81. The summed E-state index contributed by atoms with van der Waals surface area (Å²) >= 11 is 0. The normalized spacial score (nSPS) is 10.2. The molecule has 2 N–H and O–H groups in total. The molecule has 0 aliphatic rings. The van der Waals surface area contributed by atoms with Crippen LogP contribution in [-0.4, -0.2) is 46.9 Å². The molecule has 6 nitrogen and oxygen atoms in total. The minimum absolute atomic E-state index is 0.0606. The molecule has 0 aromatic heterocycles. The van der Waals surface area contributed by atoms with Gasteiger partial charge in [-0.1, -0.05) is 6.07 Å². The zero-order valence-corrected chi connectivity index (χ0v) is 12.2. The number of hydrogen-bond acceptors (Lipinski definition) is 5. The zero-order valence-electron chi connectivity index (χ0n) is 12.2. The Balaban J connectivity index is 2.39. The number of nitrogens with one attached hydrogen (secondary N) is 2. The fraction of sp³-hybridized carbons (Fsp3) is 0.500. The first-order chi connectivity index (χ1) is 9.71. The SMILES string of the molecule is COCCNC(=O)CNCc1ccc(OC)cc1OC. The molecule has 1 amide bonds. The third kappa shape index (κ3) is 5.46. The fourth-order valence-corrected chi connectivity index (χ4v) is 1.66. The molecule has 112 valence electrons. The summed E-state index contributed by atoms with van der Waals surface area (Å²) in [7, 11) is 4.81. The number of benzene rings is 1. The Hall–Kier alpha value is -1.79. The van der Waals surface area contributed by atoms with Crippen molar-refractivity contribution in [3.05, 3.63) is 23.8 Å². The second-order valence-corrected chi connectivity index (χ2v) is 4.12. The van der Waals surface area contributed by atoms with Gasteiger partial charge in [-0.25, -0.2) is 0 Å². The molecule has 0 aliphatic heterocycles. The summed E-state index contributed by atoms with van der Waals surface area (Å²) in [5.74, 6) is 1.41. The lowest BCUT2D eigenvalue weighted by Crippen LogP contribution is -2.35. The van der Waals surface area contributed by atoms with Crippen molar-refractivity contribution in [2.45, 2.75) is 6.54 Å². The lowest BCUT2D eigenvalue weighted by molar-refractivity contribution is -0.120. The second kappa shape index (κ2) is 9.17. The van der Waals surface area contributed by atoms with Crippen LogP contribution in [0.4, 0.5) is 0 Å². The number of amides is 1. The van der Waals surface area contributed by atoms with Gasteiger partial charge in [0.1, 0.15) is 11.5 Å². The first-order valence-corrected chi connectivity index (χ1v) is 6.38. The zero-order chi connectivity index (χ0) is 14.8. The highest BCUT2D eigenvalue weighted by Crippen LogP contribution is 2.24. The second-order valence-electron chi connectivity index (χ2n) is 4.12. The molecule has 20 heavy (non-hydrogen) atoms. The lowest BCUT2D eigenvalue weighted by Gasteiger charge is -2.11. The third-order valence-corrected chi connectivity index (χ3v) is 2.72. The Labute approximate surface area is 119 Å². The van der Waals surface area contributed by atoms with Gasteiger partial charge in [-0.15, -0.1) is 0 Å². The van der Waals surface area contributed by atoms with E-state index in [9.17, 15) is 4.79 Å². The molecular formula is C14H22N2O4. The van der Waals surface area contributed by atoms with Gasteiger partial charge in [0, 0.05) is 31.8 Å². The van der Waals surface area contributed by atoms with Crippen LogP contribution in [-0.2, 0) is 16.1 Å². The maximum atomic E-state index is 11.5. The Bertz CT molecular complexity index is 424. The van der Waals surface area contributed by atoms with Gasteiger partial charge in [-0.3, -0.25) is 4.79 Å². The first-order valence-electron chi connectivity index (χ1n) is 6.38. The summed E-state index contributed by atoms with van der Waals surface area (Å²) in [6.45, 7) is 1.82. The summed E-state index contributed by atoms with van der Waals surface area (Å²) in [4.78, 5) is 11.5. The maximum absolute atomic E-state index is 11.5. The number of rotatable bonds is 9. The van der Waals surface area contributed by atoms with E-state index >= 15 is 0 Å². The van der Waals surface area contributed by atoms with E-state index in [4.69, 9.17) is 14.2 Å². The van der Waals surface area contributed by atoms with Crippen molar-refractivity contribution in [3.63, 3.8) is 0 Å². The van der Waals surface area contributed by atoms with Crippen molar-refractivity contribution in [1.29, 1.82) is 0 Å². The van der Waals surface area contributed by atoms with Crippen molar-refractivity contribution in [2.75, 3.05) is 41.0 Å². The average molecular weight is 282 g/mol. The van der Waals surface area contributed by atoms with Gasteiger partial charge in [0.15, 0.2) is 0 Å². The topological polar surface area (TPSA) is 68.8 Å². The van der Waals surface area contributed by atoms with Crippen LogP contribution in [0.15, 0.2) is 18.2 Å². The number of hydrogen-bond donors (Lipinski definition) is 2. The Kier molecular flexibility index (Phi) is 7.46. The number of carbonyl (C=O) groups is 1. The van der Waals surface area contributed by atoms with Crippen molar-refractivity contribution in [2.24, 2.45) is 0 Å². The van der Waals surface area contributed by atoms with Gasteiger partial charge in [-0.2, -0.15) is 0 Å². The largest absolute Gasteiger partial charge is 0.497 e. The highest BCUT2D eigenvalue weighted by Gasteiger charge is 2.06. The predicted octanol–water partition coefficient (Wildman–Crippen LogP) is 0.556. The van der Waals surface area contributed by atoms with Crippen molar-refractivity contribution >= 4 is 5.91 Å². The molecule has 0 saturated heterocycles. The minimum Gasteiger partial charge on any atom is -0.497 e. The molecular weight excluding hydrogens is 260 g/mol. The van der Waals surface area contributed by atoms with Gasteiger partial charge >= 0.3 is 0 Å². The number of carbonyl (C=O) groups excluding carboxylic acids is 1. The highest BCUT2D eigenvalue weighted by molar-refractivity contribution is 5.77. The van der Waals surface area contributed by atoms with E-state index in [2.05, 4.69) is 10.6 Å². The molecule has 0 fully saturated rings. The number of methoxy groups -OCH3 is 3. The van der Waals surface area contributed by atoms with E-state index in [1.54, 1.807) is 21.3 Å². The summed E-state index contributed by atoms with van der Waals surface area (Å²) in [6.07, 6.45) is 0. The van der Waals surface area contributed by atoms with Crippen LogP contribution in [0, 0.1) is 0 Å². The Morgan fingerprint density at radius 2 is 2.00 bits per heavy atom. The predicted molar refractivity (Wildman–Crippen MR) is 76.1 cm³/mol. The fourth-order valence-electron chi connectivity index (χ4n) is 1.66. The number of ether oxygens (including phenoxy) is 3. The Morgan fingerprint density at radius 3 is 2.65 bits per heavy atom. The quantitative estimate of drug-likeness (QED) is 0.648. The smallest absolute Gasteiger partial charge is 0.234 e. The molecule has 0 atom stereocenters. The minimum atomic E-state index is -0.0606. The molecule has 0 radical (unpaired) electrons. The molecule has 0 unspecified atom stereocenters. The summed E-state index contributed by atoms with van der Waals surface area (Å²) in [6, 6.07) is 5.58. The standard InChI is InChI=1S/C14H22N2O4/c1-18-7-6-16-14(17)10-15-9-11-4-5-12(19-2)8-13(11)20-3/h4-5,8,15H,6-7,9-10H2,1-3H3,(H,16,17). The van der Waals surface area contributed by atoms with E-state index in [0.29, 0.717) is 19.7 Å². The monoisotopic (exact) mass is 282 g/mol. The lowest BCUT2D eigenvalue weighted by atomic mass is 10.2. The molecule has 1 rings (SSSR count). The van der Waals surface area contributed by atoms with Gasteiger partial charge in [-0.05, 0) is 6.07 Å². The van der Waals surface area contributed by atoms with E-state index in [1.165, 1.54) is 0 Å². The van der Waals surface area contributed by atoms with Crippen molar-refractivity contribution in [3.8, 4) is 11.5 Å². The van der Waals surface area contributed by atoms with Crippen LogP contribution in [0.1, 0.15) is 5.56 Å². The molecule has 1 aromatic carbocycles. The molecule has 0 heterocycles. The summed E-state index contributed by atoms with van der Waals surface area (Å²) < 4.78 is 15.3. The van der Waals surface area contributed by atoms with Crippen LogP contribution >= 0.6 is 0 Å². The highest BCUT2D eigenvalue weighted by atomic mass is 16.5. The molecule has 0 bridgehead atoms. The van der Waals surface area contributed by atoms with Crippen LogP contribution in [0.3, 0.4) is 0 Å². The first kappa shape index (κ1) is 16.3. The van der Waals surface area contributed by atoms with Gasteiger partial charge in [0.25, 0.3) is 0 Å². The van der Waals surface area contributed by atoms with Crippen LogP contribution in [0.2, 0.25) is 0 Å². The van der Waals surface area contributed by atoms with E-state index < -0.39 is 0 Å². The van der Waals surface area contributed by atoms with Gasteiger partial charge < -0.3 is 24.8 Å². The van der Waals surface area contributed by atoms with Crippen LogP contribution < -0.4 is 20.1 Å². The Morgan fingerprint density at radius 1 is 1.20 bits per heavy atom. The molecule has 0 saturated carbocycles. The van der Waals surface area contributed by atoms with Crippen LogP contribution in [0.25, 0.3) is 0 Å². The van der Waals surface area contributed by atoms with Gasteiger partial charge in [0.05, 0.1) is 27.4 Å². The van der Waals surface area contributed by atoms with Crippen molar-refractivity contribution < 1.29 is 19.0 Å². The molecule has 0 spiro atoms. The van der Waals surface area contributed by atoms with E-state index in [1.807, 2.05) is 18.2 Å². The summed E-state index contributed by atoms with van der Waals surface area (Å²) in [5.41, 5.74) is 0.970. The van der Waals surface area contributed by atoms with E-state index in [-0.39, 0.29) is 12.5 Å².